The van der Waals surface area contributed by atoms with Crippen LogP contribution in [0.5, 0.6) is 0 Å². The summed E-state index contributed by atoms with van der Waals surface area (Å²) >= 11 is 0. The molecule has 0 aromatic rings. The molecule has 0 N–H and O–H groups in total. The highest BCUT2D eigenvalue weighted by Gasteiger charge is 2.25. The Balaban J connectivity index is 2.65. The van der Waals surface area contributed by atoms with Crippen molar-refractivity contribution in [3.05, 3.63) is 23.3 Å². The van der Waals surface area contributed by atoms with E-state index in [0.29, 0.717) is 0 Å². The molecule has 0 radical (unpaired) electrons. The summed E-state index contributed by atoms with van der Waals surface area (Å²) in [4.78, 5) is 0. The van der Waals surface area contributed by atoms with Gasteiger partial charge in [0.05, 0.1) is 0 Å². The first-order valence-corrected chi connectivity index (χ1v) is 6.02. The SMILES string of the molecule is C/C=C(C)\C(=C\C)C1CC[C@H](CC)C1. The van der Waals surface area contributed by atoms with Crippen molar-refractivity contribution in [2.24, 2.45) is 11.8 Å². The maximum Gasteiger partial charge on any atom is -0.0160 e. The molecule has 0 spiro atoms. The van der Waals surface area contributed by atoms with Crippen molar-refractivity contribution in [3.8, 4) is 0 Å². The molecule has 1 unspecified atom stereocenters. The van der Waals surface area contributed by atoms with Gasteiger partial charge in [0.15, 0.2) is 0 Å². The zero-order chi connectivity index (χ0) is 10.6. The largest absolute Gasteiger partial charge is 0.0844 e. The van der Waals surface area contributed by atoms with Gasteiger partial charge >= 0.3 is 0 Å². The number of rotatable bonds is 3. The van der Waals surface area contributed by atoms with Gasteiger partial charge in [0, 0.05) is 0 Å². The third kappa shape index (κ3) is 2.50. The molecule has 0 amide bonds. The van der Waals surface area contributed by atoms with Gasteiger partial charge in [-0.05, 0) is 57.4 Å². The van der Waals surface area contributed by atoms with E-state index < -0.39 is 0 Å². The van der Waals surface area contributed by atoms with E-state index in [4.69, 9.17) is 0 Å². The molecule has 1 aliphatic carbocycles. The van der Waals surface area contributed by atoms with E-state index in [1.807, 2.05) is 0 Å². The summed E-state index contributed by atoms with van der Waals surface area (Å²) in [5, 5.41) is 0. The maximum atomic E-state index is 2.32. The van der Waals surface area contributed by atoms with Crippen LogP contribution in [0.2, 0.25) is 0 Å². The van der Waals surface area contributed by atoms with Gasteiger partial charge in [0.1, 0.15) is 0 Å². The molecule has 0 aliphatic heterocycles. The second kappa shape index (κ2) is 5.38. The number of hydrogen-bond donors (Lipinski definition) is 0. The van der Waals surface area contributed by atoms with Crippen molar-refractivity contribution in [1.82, 2.24) is 0 Å². The summed E-state index contributed by atoms with van der Waals surface area (Å²) in [7, 11) is 0. The maximum absolute atomic E-state index is 2.32. The van der Waals surface area contributed by atoms with E-state index in [9.17, 15) is 0 Å². The molecular formula is C14H24. The highest BCUT2D eigenvalue weighted by atomic mass is 14.3. The fourth-order valence-electron chi connectivity index (χ4n) is 2.68. The van der Waals surface area contributed by atoms with Crippen molar-refractivity contribution < 1.29 is 0 Å². The topological polar surface area (TPSA) is 0 Å². The fourth-order valence-corrected chi connectivity index (χ4v) is 2.68. The molecule has 0 bridgehead atoms. The first kappa shape index (κ1) is 11.6. The summed E-state index contributed by atoms with van der Waals surface area (Å²) in [5.74, 6) is 1.83. The quantitative estimate of drug-likeness (QED) is 0.567. The first-order chi connectivity index (χ1) is 6.72. The summed E-state index contributed by atoms with van der Waals surface area (Å²) in [6.07, 6.45) is 10.2. The Kier molecular flexibility index (Phi) is 4.44. The molecule has 14 heavy (non-hydrogen) atoms. The van der Waals surface area contributed by atoms with Gasteiger partial charge in [-0.1, -0.05) is 31.1 Å². The summed E-state index contributed by atoms with van der Waals surface area (Å²) in [6, 6.07) is 0. The van der Waals surface area contributed by atoms with Crippen LogP contribution in [0.15, 0.2) is 23.3 Å². The Labute approximate surface area is 89.1 Å². The lowest BCUT2D eigenvalue weighted by Crippen LogP contribution is -2.01. The van der Waals surface area contributed by atoms with Crippen LogP contribution in [0.25, 0.3) is 0 Å². The Morgan fingerprint density at radius 1 is 1.21 bits per heavy atom. The smallest absolute Gasteiger partial charge is 0.0160 e. The minimum absolute atomic E-state index is 0.848. The highest BCUT2D eigenvalue weighted by Crippen LogP contribution is 2.39. The van der Waals surface area contributed by atoms with Gasteiger partial charge in [-0.15, -0.1) is 0 Å². The van der Waals surface area contributed by atoms with E-state index in [2.05, 4.69) is 39.8 Å². The highest BCUT2D eigenvalue weighted by molar-refractivity contribution is 5.31. The van der Waals surface area contributed by atoms with Crippen molar-refractivity contribution in [2.75, 3.05) is 0 Å². The van der Waals surface area contributed by atoms with Crippen molar-refractivity contribution in [2.45, 2.75) is 53.4 Å². The summed E-state index contributed by atoms with van der Waals surface area (Å²) in [6.45, 7) is 8.90. The molecule has 2 atom stereocenters. The van der Waals surface area contributed by atoms with Crippen LogP contribution in [0.1, 0.15) is 53.4 Å². The van der Waals surface area contributed by atoms with E-state index in [-0.39, 0.29) is 0 Å². The summed E-state index contributed by atoms with van der Waals surface area (Å²) in [5.41, 5.74) is 3.08. The predicted octanol–water partition coefficient (Wildman–Crippen LogP) is 4.73. The van der Waals surface area contributed by atoms with Gasteiger partial charge in [-0.3, -0.25) is 0 Å². The average Bonchev–Trinajstić information content (AvgIpc) is 2.67. The second-order valence-electron chi connectivity index (χ2n) is 4.50. The molecule has 1 aliphatic rings. The van der Waals surface area contributed by atoms with E-state index in [1.54, 1.807) is 5.57 Å². The summed E-state index contributed by atoms with van der Waals surface area (Å²) < 4.78 is 0. The minimum atomic E-state index is 0.848. The molecule has 0 heteroatoms. The van der Waals surface area contributed by atoms with Gasteiger partial charge < -0.3 is 0 Å². The van der Waals surface area contributed by atoms with Gasteiger partial charge in [0.25, 0.3) is 0 Å². The second-order valence-corrected chi connectivity index (χ2v) is 4.50. The normalized spacial score (nSPS) is 29.7. The molecule has 1 fully saturated rings. The van der Waals surface area contributed by atoms with Gasteiger partial charge in [-0.25, -0.2) is 0 Å². The molecular weight excluding hydrogens is 168 g/mol. The van der Waals surface area contributed by atoms with E-state index in [0.717, 1.165) is 11.8 Å². The van der Waals surface area contributed by atoms with Crippen LogP contribution < -0.4 is 0 Å². The molecule has 0 heterocycles. The lowest BCUT2D eigenvalue weighted by atomic mass is 9.90. The van der Waals surface area contributed by atoms with Gasteiger partial charge in [0.2, 0.25) is 0 Å². The zero-order valence-electron chi connectivity index (χ0n) is 10.1. The third-order valence-corrected chi connectivity index (χ3v) is 3.76. The van der Waals surface area contributed by atoms with Crippen LogP contribution in [0.3, 0.4) is 0 Å². The van der Waals surface area contributed by atoms with Crippen LogP contribution in [-0.2, 0) is 0 Å². The molecule has 0 aromatic carbocycles. The molecule has 80 valence electrons. The number of allylic oxidation sites excluding steroid dienone is 4. The van der Waals surface area contributed by atoms with E-state index >= 15 is 0 Å². The fraction of sp³-hybridized carbons (Fsp3) is 0.714. The monoisotopic (exact) mass is 192 g/mol. The van der Waals surface area contributed by atoms with Crippen molar-refractivity contribution in [3.63, 3.8) is 0 Å². The molecule has 1 rings (SSSR count). The first-order valence-electron chi connectivity index (χ1n) is 6.02. The Morgan fingerprint density at radius 3 is 2.36 bits per heavy atom. The van der Waals surface area contributed by atoms with Crippen LogP contribution in [-0.4, -0.2) is 0 Å². The molecule has 0 aromatic heterocycles. The minimum Gasteiger partial charge on any atom is -0.0844 e. The van der Waals surface area contributed by atoms with Crippen molar-refractivity contribution in [1.29, 1.82) is 0 Å². The standard InChI is InChI=1S/C14H24/c1-5-11(4)14(7-3)13-9-8-12(6-2)10-13/h5,7,12-13H,6,8-10H2,1-4H3/b11-5-,14-7-/t12-,13?/m0/s1. The van der Waals surface area contributed by atoms with Crippen LogP contribution in [0, 0.1) is 11.8 Å². The van der Waals surface area contributed by atoms with E-state index in [1.165, 1.54) is 31.3 Å². The average molecular weight is 192 g/mol. The van der Waals surface area contributed by atoms with Crippen molar-refractivity contribution >= 4 is 0 Å². The zero-order valence-corrected chi connectivity index (χ0v) is 10.1. The Bertz CT molecular complexity index is 232. The Hall–Kier alpha value is -0.520. The van der Waals surface area contributed by atoms with Crippen LogP contribution >= 0.6 is 0 Å². The number of hydrogen-bond acceptors (Lipinski definition) is 0. The lowest BCUT2D eigenvalue weighted by Gasteiger charge is -2.15. The lowest BCUT2D eigenvalue weighted by molar-refractivity contribution is 0.510. The predicted molar refractivity (Wildman–Crippen MR) is 64.3 cm³/mol. The molecule has 1 saturated carbocycles. The van der Waals surface area contributed by atoms with Crippen LogP contribution in [0.4, 0.5) is 0 Å². The van der Waals surface area contributed by atoms with Gasteiger partial charge in [-0.2, -0.15) is 0 Å². The molecule has 0 saturated heterocycles. The third-order valence-electron chi connectivity index (χ3n) is 3.76. The molecule has 0 nitrogen and oxygen atoms in total. The Morgan fingerprint density at radius 2 is 1.93 bits per heavy atom.